The number of aromatic nitrogens is 6. The number of rotatable bonds is 1. The van der Waals surface area contributed by atoms with Gasteiger partial charge in [-0.2, -0.15) is 5.10 Å². The predicted octanol–water partition coefficient (Wildman–Crippen LogP) is 3.61. The molecule has 1 aromatic carbocycles. The van der Waals surface area contributed by atoms with Gasteiger partial charge in [-0.15, -0.1) is 10.2 Å². The second kappa shape index (κ2) is 8.45. The van der Waals surface area contributed by atoms with Crippen molar-refractivity contribution in [3.8, 4) is 28.4 Å². The minimum Gasteiger partial charge on any atom is -0.493 e. The Bertz CT molecular complexity index is 1340. The molecule has 3 aromatic heterocycles. The van der Waals surface area contributed by atoms with Crippen molar-refractivity contribution in [1.29, 1.82) is 0 Å². The molecule has 0 fully saturated rings. The highest BCUT2D eigenvalue weighted by molar-refractivity contribution is 6.06. The number of fused-ring (bicyclic) bond motifs is 5. The molecular weight excluding hydrogens is 425 g/mol. The van der Waals surface area contributed by atoms with E-state index >= 15 is 4.39 Å². The zero-order valence-corrected chi connectivity index (χ0v) is 18.2. The van der Waals surface area contributed by atoms with E-state index in [0.29, 0.717) is 42.5 Å². The van der Waals surface area contributed by atoms with E-state index in [-0.39, 0.29) is 16.9 Å². The molecule has 33 heavy (non-hydrogen) atoms. The van der Waals surface area contributed by atoms with Crippen molar-refractivity contribution in [3.63, 3.8) is 0 Å². The number of hydrogen-bond acceptors (Lipinski definition) is 6. The molecule has 1 aliphatic rings. The molecule has 1 aliphatic heterocycles. The van der Waals surface area contributed by atoms with Crippen molar-refractivity contribution < 1.29 is 13.9 Å². The Morgan fingerprint density at radius 3 is 2.85 bits per heavy atom. The summed E-state index contributed by atoms with van der Waals surface area (Å²) in [5.74, 6) is 0.233. The molecule has 10 heteroatoms. The van der Waals surface area contributed by atoms with E-state index in [4.69, 9.17) is 4.74 Å². The van der Waals surface area contributed by atoms with Crippen LogP contribution in [0.1, 0.15) is 28.9 Å². The summed E-state index contributed by atoms with van der Waals surface area (Å²) in [6, 6.07) is 8.07. The van der Waals surface area contributed by atoms with Crippen LogP contribution >= 0.6 is 0 Å². The molecule has 0 saturated carbocycles. The molecule has 4 heterocycles. The maximum atomic E-state index is 15.1. The number of carbonyl (C=O) groups excluding carboxylic acids is 1. The zero-order valence-electron chi connectivity index (χ0n) is 18.2. The van der Waals surface area contributed by atoms with Crippen LogP contribution in [-0.4, -0.2) is 42.0 Å². The van der Waals surface area contributed by atoms with E-state index in [0.717, 1.165) is 12.1 Å². The van der Waals surface area contributed by atoms with Crippen molar-refractivity contribution in [2.24, 2.45) is 7.05 Å². The first-order chi connectivity index (χ1) is 16.0. The topological polar surface area (TPSA) is 99.8 Å². The summed E-state index contributed by atoms with van der Waals surface area (Å²) in [6.07, 6.45) is 4.74. The largest absolute Gasteiger partial charge is 0.493 e. The molecule has 168 valence electrons. The van der Waals surface area contributed by atoms with Crippen LogP contribution in [0.15, 0.2) is 42.9 Å². The standard InChI is InChI=1S/C23H22FN7O2/c1-14-17(12-26-30(14)2)15-10-16-20(11-18(15)24)33-9-4-3-8-31-13-25-29-22(31)19-6-5-7-21(27-19)28-23(16)32/h5-7,10-13H,3-4,8-9H2,1-2H3,(H,27,28,32). The first-order valence-electron chi connectivity index (χ1n) is 10.6. The fraction of sp³-hybridized carbons (Fsp3) is 0.261. The summed E-state index contributed by atoms with van der Waals surface area (Å²) in [6.45, 7) is 2.87. The molecule has 0 spiro atoms. The quantitative estimate of drug-likeness (QED) is 0.479. The summed E-state index contributed by atoms with van der Waals surface area (Å²) >= 11 is 0. The van der Waals surface area contributed by atoms with Crippen molar-refractivity contribution in [2.45, 2.75) is 26.3 Å². The average Bonchev–Trinajstić information content (AvgIpc) is 3.40. The Balaban J connectivity index is 1.58. The number of amides is 1. The smallest absolute Gasteiger partial charge is 0.260 e. The van der Waals surface area contributed by atoms with Gasteiger partial charge >= 0.3 is 0 Å². The van der Waals surface area contributed by atoms with Gasteiger partial charge in [-0.25, -0.2) is 9.37 Å². The van der Waals surface area contributed by atoms with Crippen molar-refractivity contribution in [2.75, 3.05) is 11.9 Å². The number of pyridine rings is 1. The van der Waals surface area contributed by atoms with Gasteiger partial charge in [0.2, 0.25) is 0 Å². The highest BCUT2D eigenvalue weighted by atomic mass is 19.1. The monoisotopic (exact) mass is 447 g/mol. The Kier molecular flexibility index (Phi) is 5.33. The lowest BCUT2D eigenvalue weighted by molar-refractivity contribution is 0.102. The van der Waals surface area contributed by atoms with Crippen LogP contribution in [0.5, 0.6) is 5.75 Å². The highest BCUT2D eigenvalue weighted by Crippen LogP contribution is 2.32. The molecule has 0 unspecified atom stereocenters. The van der Waals surface area contributed by atoms with Crippen LogP contribution < -0.4 is 10.1 Å². The maximum Gasteiger partial charge on any atom is 0.260 e. The van der Waals surface area contributed by atoms with Crippen molar-refractivity contribution >= 4 is 11.7 Å². The van der Waals surface area contributed by atoms with E-state index in [1.807, 2.05) is 17.6 Å². The van der Waals surface area contributed by atoms with Gasteiger partial charge in [0.1, 0.15) is 29.4 Å². The number of halogens is 1. The number of benzene rings is 1. The van der Waals surface area contributed by atoms with Gasteiger partial charge in [0, 0.05) is 36.5 Å². The van der Waals surface area contributed by atoms with E-state index in [1.54, 1.807) is 36.4 Å². The number of hydrogen-bond donors (Lipinski definition) is 1. The lowest BCUT2D eigenvalue weighted by atomic mass is 10.0. The highest BCUT2D eigenvalue weighted by Gasteiger charge is 2.21. The summed E-state index contributed by atoms with van der Waals surface area (Å²) < 4.78 is 24.5. The van der Waals surface area contributed by atoms with Crippen LogP contribution in [0.3, 0.4) is 0 Å². The molecular formula is C23H22FN7O2. The van der Waals surface area contributed by atoms with Crippen molar-refractivity contribution in [3.05, 3.63) is 59.9 Å². The van der Waals surface area contributed by atoms with Gasteiger partial charge in [0.25, 0.3) is 5.91 Å². The second-order valence-corrected chi connectivity index (χ2v) is 7.86. The molecule has 0 saturated heterocycles. The normalized spacial score (nSPS) is 14.0. The minimum atomic E-state index is -0.479. The Morgan fingerprint density at radius 2 is 2.03 bits per heavy atom. The fourth-order valence-electron chi connectivity index (χ4n) is 3.82. The average molecular weight is 447 g/mol. The number of anilines is 1. The maximum absolute atomic E-state index is 15.1. The molecule has 1 N–H and O–H groups in total. The molecule has 4 aromatic rings. The number of aryl methyl sites for hydroxylation is 2. The Morgan fingerprint density at radius 1 is 1.15 bits per heavy atom. The van der Waals surface area contributed by atoms with Gasteiger partial charge < -0.3 is 14.6 Å². The number of ether oxygens (including phenoxy) is 1. The second-order valence-electron chi connectivity index (χ2n) is 7.86. The van der Waals surface area contributed by atoms with Crippen LogP contribution in [0.25, 0.3) is 22.6 Å². The molecule has 2 bridgehead atoms. The van der Waals surface area contributed by atoms with Gasteiger partial charge in [-0.05, 0) is 38.0 Å². The van der Waals surface area contributed by atoms with Crippen LogP contribution in [0.2, 0.25) is 0 Å². The summed E-state index contributed by atoms with van der Waals surface area (Å²) in [5, 5.41) is 15.2. The summed E-state index contributed by atoms with van der Waals surface area (Å²) in [5.41, 5.74) is 2.51. The van der Waals surface area contributed by atoms with Crippen molar-refractivity contribution in [1.82, 2.24) is 29.5 Å². The molecule has 1 amide bonds. The SMILES string of the molecule is Cc1c(-c2cc3c(cc2F)OCCCCn2cnnc2-c2cccc(n2)NC3=O)cnn1C. The number of nitrogens with zero attached hydrogens (tertiary/aromatic N) is 6. The third kappa shape index (κ3) is 3.95. The lowest BCUT2D eigenvalue weighted by Gasteiger charge is -2.15. The molecule has 0 radical (unpaired) electrons. The van der Waals surface area contributed by atoms with E-state index < -0.39 is 11.7 Å². The van der Waals surface area contributed by atoms with E-state index in [2.05, 4.69) is 25.6 Å². The molecule has 5 rings (SSSR count). The van der Waals surface area contributed by atoms with Gasteiger partial charge in [-0.1, -0.05) is 6.07 Å². The van der Waals surface area contributed by atoms with Crippen LogP contribution in [-0.2, 0) is 13.6 Å². The molecule has 0 atom stereocenters. The first-order valence-corrected chi connectivity index (χ1v) is 10.6. The number of carbonyl (C=O) groups is 1. The first kappa shape index (κ1) is 20.8. The number of nitrogens with one attached hydrogen (secondary N) is 1. The zero-order chi connectivity index (χ0) is 22.9. The third-order valence-electron chi connectivity index (χ3n) is 5.73. The predicted molar refractivity (Wildman–Crippen MR) is 119 cm³/mol. The van der Waals surface area contributed by atoms with Crippen LogP contribution in [0, 0.1) is 12.7 Å². The van der Waals surface area contributed by atoms with E-state index in [1.165, 1.54) is 12.1 Å². The van der Waals surface area contributed by atoms with Gasteiger partial charge in [0.05, 0.1) is 18.4 Å². The van der Waals surface area contributed by atoms with E-state index in [9.17, 15) is 4.79 Å². The lowest BCUT2D eigenvalue weighted by Crippen LogP contribution is -2.16. The van der Waals surface area contributed by atoms with Gasteiger partial charge in [-0.3, -0.25) is 9.48 Å². The minimum absolute atomic E-state index is 0.188. The molecule has 0 aliphatic carbocycles. The Labute approximate surface area is 189 Å². The summed E-state index contributed by atoms with van der Waals surface area (Å²) in [7, 11) is 1.78. The van der Waals surface area contributed by atoms with Crippen LogP contribution in [0.4, 0.5) is 10.2 Å². The van der Waals surface area contributed by atoms with Gasteiger partial charge in [0.15, 0.2) is 5.82 Å². The molecule has 9 nitrogen and oxygen atoms in total. The fourth-order valence-corrected chi connectivity index (χ4v) is 3.82. The Hall–Kier alpha value is -4.08. The summed E-state index contributed by atoms with van der Waals surface area (Å²) in [4.78, 5) is 17.8. The third-order valence-corrected chi connectivity index (χ3v) is 5.73.